The Hall–Kier alpha value is -2.99. The number of aromatic nitrogens is 1. The predicted molar refractivity (Wildman–Crippen MR) is 114 cm³/mol. The molecule has 0 aliphatic heterocycles. The maximum absolute atomic E-state index is 12.5. The maximum Gasteiger partial charge on any atom is 0.262 e. The summed E-state index contributed by atoms with van der Waals surface area (Å²) in [6, 6.07) is 12.4. The number of nitrogens with zero attached hydrogens (tertiary/aromatic N) is 1. The van der Waals surface area contributed by atoms with Gasteiger partial charge in [-0.05, 0) is 42.8 Å². The third-order valence-corrected chi connectivity index (χ3v) is 4.58. The summed E-state index contributed by atoms with van der Waals surface area (Å²) in [5.41, 5.74) is 1.14. The van der Waals surface area contributed by atoms with Crippen molar-refractivity contribution in [1.29, 1.82) is 0 Å². The Kier molecular flexibility index (Phi) is 7.14. The summed E-state index contributed by atoms with van der Waals surface area (Å²) in [7, 11) is 1.57. The SMILES string of the molecule is CCCCOc1ccc(OC)cc1NC(=O)COc1ccc(Cl)c2cccnc12. The molecule has 1 aromatic heterocycles. The van der Waals surface area contributed by atoms with Crippen LogP contribution < -0.4 is 19.5 Å². The Morgan fingerprint density at radius 2 is 1.97 bits per heavy atom. The fourth-order valence-electron chi connectivity index (χ4n) is 2.74. The molecule has 3 aromatic rings. The summed E-state index contributed by atoms with van der Waals surface area (Å²) in [5.74, 6) is 1.38. The molecule has 0 saturated carbocycles. The number of benzene rings is 2. The number of halogens is 1. The van der Waals surface area contributed by atoms with Crippen molar-refractivity contribution in [3.63, 3.8) is 0 Å². The van der Waals surface area contributed by atoms with Crippen molar-refractivity contribution < 1.29 is 19.0 Å². The first kappa shape index (κ1) is 20.7. The van der Waals surface area contributed by atoms with Crippen LogP contribution in [-0.2, 0) is 4.79 Å². The third-order valence-electron chi connectivity index (χ3n) is 4.25. The number of hydrogen-bond acceptors (Lipinski definition) is 5. The molecule has 152 valence electrons. The molecule has 1 amide bonds. The van der Waals surface area contributed by atoms with E-state index in [0.29, 0.717) is 40.1 Å². The van der Waals surface area contributed by atoms with Crippen LogP contribution in [0.5, 0.6) is 17.2 Å². The van der Waals surface area contributed by atoms with Gasteiger partial charge < -0.3 is 19.5 Å². The molecular weight excluding hydrogens is 392 g/mol. The molecule has 7 heteroatoms. The van der Waals surface area contributed by atoms with Crippen molar-refractivity contribution in [3.05, 3.63) is 53.7 Å². The number of anilines is 1. The minimum Gasteiger partial charge on any atom is -0.497 e. The molecule has 6 nitrogen and oxygen atoms in total. The van der Waals surface area contributed by atoms with Crippen LogP contribution in [0.4, 0.5) is 5.69 Å². The molecule has 29 heavy (non-hydrogen) atoms. The lowest BCUT2D eigenvalue weighted by atomic mass is 10.2. The van der Waals surface area contributed by atoms with Crippen molar-refractivity contribution in [3.8, 4) is 17.2 Å². The van der Waals surface area contributed by atoms with E-state index in [1.165, 1.54) is 0 Å². The van der Waals surface area contributed by atoms with Crippen LogP contribution in [0.15, 0.2) is 48.7 Å². The normalized spacial score (nSPS) is 10.6. The van der Waals surface area contributed by atoms with E-state index in [2.05, 4.69) is 17.2 Å². The van der Waals surface area contributed by atoms with Gasteiger partial charge in [0, 0.05) is 17.6 Å². The van der Waals surface area contributed by atoms with Gasteiger partial charge in [0.05, 0.1) is 24.4 Å². The van der Waals surface area contributed by atoms with Crippen LogP contribution in [0.1, 0.15) is 19.8 Å². The first-order chi connectivity index (χ1) is 14.1. The molecule has 1 heterocycles. The molecule has 0 bridgehead atoms. The van der Waals surface area contributed by atoms with Crippen LogP contribution in [0, 0.1) is 0 Å². The van der Waals surface area contributed by atoms with E-state index in [1.807, 2.05) is 6.07 Å². The summed E-state index contributed by atoms with van der Waals surface area (Å²) >= 11 is 6.20. The van der Waals surface area contributed by atoms with Crippen LogP contribution in [0.25, 0.3) is 10.9 Å². The maximum atomic E-state index is 12.5. The average molecular weight is 415 g/mol. The average Bonchev–Trinajstić information content (AvgIpc) is 2.74. The van der Waals surface area contributed by atoms with Crippen molar-refractivity contribution in [2.24, 2.45) is 0 Å². The van der Waals surface area contributed by atoms with E-state index >= 15 is 0 Å². The number of nitrogens with one attached hydrogen (secondary N) is 1. The predicted octanol–water partition coefficient (Wildman–Crippen LogP) is 5.09. The van der Waals surface area contributed by atoms with Gasteiger partial charge in [-0.25, -0.2) is 0 Å². The number of fused-ring (bicyclic) bond motifs is 1. The molecule has 0 fully saturated rings. The van der Waals surface area contributed by atoms with Crippen molar-refractivity contribution in [2.75, 3.05) is 25.6 Å². The zero-order chi connectivity index (χ0) is 20.6. The number of carbonyl (C=O) groups is 1. The van der Waals surface area contributed by atoms with E-state index in [9.17, 15) is 4.79 Å². The van der Waals surface area contributed by atoms with E-state index in [4.69, 9.17) is 25.8 Å². The Labute approximate surface area is 174 Å². The fourth-order valence-corrected chi connectivity index (χ4v) is 2.96. The molecule has 0 radical (unpaired) electrons. The molecule has 1 N–H and O–H groups in total. The number of ether oxygens (including phenoxy) is 3. The molecule has 0 unspecified atom stereocenters. The largest absolute Gasteiger partial charge is 0.497 e. The van der Waals surface area contributed by atoms with Gasteiger partial charge in [0.1, 0.15) is 22.8 Å². The van der Waals surface area contributed by atoms with Crippen LogP contribution in [-0.4, -0.2) is 31.2 Å². The highest BCUT2D eigenvalue weighted by atomic mass is 35.5. The van der Waals surface area contributed by atoms with Crippen LogP contribution in [0.3, 0.4) is 0 Å². The summed E-state index contributed by atoms with van der Waals surface area (Å²) in [5, 5.41) is 4.18. The standard InChI is InChI=1S/C22H23ClN2O4/c1-3-4-12-28-19-9-7-15(27-2)13-18(19)25-21(26)14-29-20-10-8-17(23)16-6-5-11-24-22(16)20/h5-11,13H,3-4,12,14H2,1-2H3,(H,25,26). The Balaban J connectivity index is 1.70. The topological polar surface area (TPSA) is 69.7 Å². The second kappa shape index (κ2) is 9.98. The minimum absolute atomic E-state index is 0.182. The van der Waals surface area contributed by atoms with Crippen molar-refractivity contribution >= 4 is 34.1 Å². The second-order valence-corrected chi connectivity index (χ2v) is 6.75. The number of methoxy groups -OCH3 is 1. The van der Waals surface area contributed by atoms with Gasteiger partial charge in [-0.15, -0.1) is 0 Å². The zero-order valence-electron chi connectivity index (χ0n) is 16.4. The summed E-state index contributed by atoms with van der Waals surface area (Å²) in [6.45, 7) is 2.48. The van der Waals surface area contributed by atoms with Crippen LogP contribution in [0.2, 0.25) is 5.02 Å². The number of rotatable bonds is 9. The number of amides is 1. The lowest BCUT2D eigenvalue weighted by molar-refractivity contribution is -0.118. The van der Waals surface area contributed by atoms with Gasteiger partial charge in [0.15, 0.2) is 6.61 Å². The summed E-state index contributed by atoms with van der Waals surface area (Å²) < 4.78 is 16.7. The smallest absolute Gasteiger partial charge is 0.262 e. The van der Waals surface area contributed by atoms with Gasteiger partial charge in [0.25, 0.3) is 5.91 Å². The highest BCUT2D eigenvalue weighted by molar-refractivity contribution is 6.35. The Morgan fingerprint density at radius 1 is 1.14 bits per heavy atom. The van der Waals surface area contributed by atoms with E-state index in [0.717, 1.165) is 18.2 Å². The molecule has 0 saturated heterocycles. The number of carbonyl (C=O) groups excluding carboxylic acids is 1. The highest BCUT2D eigenvalue weighted by Gasteiger charge is 2.12. The Bertz CT molecular complexity index is 994. The number of pyridine rings is 1. The molecule has 3 rings (SSSR count). The van der Waals surface area contributed by atoms with E-state index in [1.54, 1.807) is 49.7 Å². The molecule has 0 atom stereocenters. The molecule has 0 aliphatic carbocycles. The molecule has 0 aliphatic rings. The van der Waals surface area contributed by atoms with E-state index < -0.39 is 0 Å². The first-order valence-corrected chi connectivity index (χ1v) is 9.77. The van der Waals surface area contributed by atoms with Crippen LogP contribution >= 0.6 is 11.6 Å². The Morgan fingerprint density at radius 3 is 2.76 bits per heavy atom. The zero-order valence-corrected chi connectivity index (χ0v) is 17.2. The first-order valence-electron chi connectivity index (χ1n) is 9.39. The fraction of sp³-hybridized carbons (Fsp3) is 0.273. The monoisotopic (exact) mass is 414 g/mol. The number of unbranched alkanes of at least 4 members (excludes halogenated alkanes) is 1. The lowest BCUT2D eigenvalue weighted by Gasteiger charge is -2.14. The van der Waals surface area contributed by atoms with Gasteiger partial charge >= 0.3 is 0 Å². The lowest BCUT2D eigenvalue weighted by Crippen LogP contribution is -2.21. The highest BCUT2D eigenvalue weighted by Crippen LogP contribution is 2.31. The van der Waals surface area contributed by atoms with Gasteiger partial charge in [0.2, 0.25) is 0 Å². The molecule has 0 spiro atoms. The van der Waals surface area contributed by atoms with Gasteiger partial charge in [-0.3, -0.25) is 9.78 Å². The summed E-state index contributed by atoms with van der Waals surface area (Å²) in [6.07, 6.45) is 3.61. The second-order valence-electron chi connectivity index (χ2n) is 6.35. The van der Waals surface area contributed by atoms with Crippen molar-refractivity contribution in [2.45, 2.75) is 19.8 Å². The van der Waals surface area contributed by atoms with E-state index in [-0.39, 0.29) is 12.5 Å². The van der Waals surface area contributed by atoms with Gasteiger partial charge in [-0.1, -0.05) is 24.9 Å². The third kappa shape index (κ3) is 5.29. The quantitative estimate of drug-likeness (QED) is 0.493. The number of hydrogen-bond donors (Lipinski definition) is 1. The molecular formula is C22H23ClN2O4. The summed E-state index contributed by atoms with van der Waals surface area (Å²) in [4.78, 5) is 16.8. The van der Waals surface area contributed by atoms with Crippen molar-refractivity contribution in [1.82, 2.24) is 4.98 Å². The molecule has 2 aromatic carbocycles. The minimum atomic E-state index is -0.322. The van der Waals surface area contributed by atoms with Gasteiger partial charge in [-0.2, -0.15) is 0 Å².